The highest BCUT2D eigenvalue weighted by Gasteiger charge is 2.09. The lowest BCUT2D eigenvalue weighted by Crippen LogP contribution is -2.34. The molecule has 0 saturated heterocycles. The summed E-state index contributed by atoms with van der Waals surface area (Å²) in [6, 6.07) is 9.56. The summed E-state index contributed by atoms with van der Waals surface area (Å²) in [6.07, 6.45) is 0.0721. The lowest BCUT2D eigenvalue weighted by atomic mass is 10.3. The topological polar surface area (TPSA) is 38.8 Å². The molecule has 1 rings (SSSR count). The summed E-state index contributed by atoms with van der Waals surface area (Å²) >= 11 is 0. The highest BCUT2D eigenvalue weighted by molar-refractivity contribution is 5.77. The molecule has 0 spiro atoms. The summed E-state index contributed by atoms with van der Waals surface area (Å²) in [6.45, 7) is 4.97. The van der Waals surface area contributed by atoms with E-state index in [9.17, 15) is 4.79 Å². The van der Waals surface area contributed by atoms with Gasteiger partial charge in [-0.2, -0.15) is 0 Å². The molecule has 0 aliphatic carbocycles. The van der Waals surface area contributed by atoms with Crippen LogP contribution in [0.15, 0.2) is 30.3 Å². The van der Waals surface area contributed by atoms with Gasteiger partial charge in [0.15, 0.2) is 0 Å². The van der Waals surface area contributed by atoms with Crippen molar-refractivity contribution >= 4 is 5.91 Å². The minimum absolute atomic E-state index is 0.0274. The zero-order valence-corrected chi connectivity index (χ0v) is 11.3. The Bertz CT molecular complexity index is 351. The molecule has 0 heterocycles. The number of amides is 1. The average molecular weight is 251 g/mol. The van der Waals surface area contributed by atoms with Crippen molar-refractivity contribution in [1.29, 1.82) is 0 Å². The van der Waals surface area contributed by atoms with Crippen molar-refractivity contribution < 1.29 is 14.3 Å². The molecule has 4 nitrogen and oxygen atoms in total. The molecule has 0 N–H and O–H groups in total. The van der Waals surface area contributed by atoms with E-state index >= 15 is 0 Å². The van der Waals surface area contributed by atoms with E-state index in [1.54, 1.807) is 11.9 Å². The molecule has 4 heteroatoms. The van der Waals surface area contributed by atoms with E-state index in [1.807, 2.05) is 44.2 Å². The zero-order chi connectivity index (χ0) is 13.4. The number of hydrogen-bond donors (Lipinski definition) is 0. The Morgan fingerprint density at radius 3 is 2.56 bits per heavy atom. The number of nitrogens with zero attached hydrogens (tertiary/aromatic N) is 1. The smallest absolute Gasteiger partial charge is 0.248 e. The fourth-order valence-electron chi connectivity index (χ4n) is 1.29. The minimum atomic E-state index is -0.0274. The Hall–Kier alpha value is -1.55. The number of benzene rings is 1. The number of carbonyl (C=O) groups excluding carboxylic acids is 1. The maximum absolute atomic E-state index is 11.6. The monoisotopic (exact) mass is 251 g/mol. The normalized spacial score (nSPS) is 10.4. The standard InChI is InChI=1S/C14H21NO3/c1-12(2)18-11-14(16)15(3)9-10-17-13-7-5-4-6-8-13/h4-8,12H,9-11H2,1-3H3. The van der Waals surface area contributed by atoms with E-state index in [-0.39, 0.29) is 18.6 Å². The SMILES string of the molecule is CC(C)OCC(=O)N(C)CCOc1ccccc1. The van der Waals surface area contributed by atoms with Gasteiger partial charge in [-0.3, -0.25) is 4.79 Å². The number of para-hydroxylation sites is 1. The molecule has 0 aliphatic heterocycles. The van der Waals surface area contributed by atoms with Gasteiger partial charge in [-0.05, 0) is 26.0 Å². The predicted octanol–water partition coefficient (Wildman–Crippen LogP) is 1.95. The number of hydrogen-bond acceptors (Lipinski definition) is 3. The summed E-state index contributed by atoms with van der Waals surface area (Å²) < 4.78 is 10.8. The molecule has 0 atom stereocenters. The first kappa shape index (κ1) is 14.5. The van der Waals surface area contributed by atoms with E-state index in [4.69, 9.17) is 9.47 Å². The molecule has 0 radical (unpaired) electrons. The number of carbonyl (C=O) groups is 1. The van der Waals surface area contributed by atoms with E-state index in [0.29, 0.717) is 13.2 Å². The summed E-state index contributed by atoms with van der Waals surface area (Å²) in [7, 11) is 1.75. The Balaban J connectivity index is 2.20. The summed E-state index contributed by atoms with van der Waals surface area (Å²) in [5.41, 5.74) is 0. The first-order valence-electron chi connectivity index (χ1n) is 6.13. The first-order chi connectivity index (χ1) is 8.59. The molecule has 0 aliphatic rings. The van der Waals surface area contributed by atoms with Crippen LogP contribution in [0.25, 0.3) is 0 Å². The lowest BCUT2D eigenvalue weighted by molar-refractivity contribution is -0.136. The minimum Gasteiger partial charge on any atom is -0.492 e. The van der Waals surface area contributed by atoms with Crippen molar-refractivity contribution in [3.63, 3.8) is 0 Å². The molecule has 1 aromatic carbocycles. The Labute approximate surface area is 108 Å². The van der Waals surface area contributed by atoms with Gasteiger partial charge in [-0.1, -0.05) is 18.2 Å². The number of ether oxygens (including phenoxy) is 2. The van der Waals surface area contributed by atoms with Crippen molar-refractivity contribution in [3.05, 3.63) is 30.3 Å². The molecule has 1 amide bonds. The lowest BCUT2D eigenvalue weighted by Gasteiger charge is -2.18. The van der Waals surface area contributed by atoms with Gasteiger partial charge in [0.1, 0.15) is 19.0 Å². The van der Waals surface area contributed by atoms with Gasteiger partial charge in [0.2, 0.25) is 5.91 Å². The van der Waals surface area contributed by atoms with E-state index in [2.05, 4.69) is 0 Å². The Morgan fingerprint density at radius 1 is 1.28 bits per heavy atom. The molecule has 0 bridgehead atoms. The number of likely N-dealkylation sites (N-methyl/N-ethyl adjacent to an activating group) is 1. The Kier molecular flexibility index (Phi) is 6.22. The average Bonchev–Trinajstić information content (AvgIpc) is 2.37. The van der Waals surface area contributed by atoms with Gasteiger partial charge in [-0.15, -0.1) is 0 Å². The molecule has 0 fully saturated rings. The second kappa shape index (κ2) is 7.71. The van der Waals surface area contributed by atoms with Crippen molar-refractivity contribution in [2.24, 2.45) is 0 Å². The molecule has 18 heavy (non-hydrogen) atoms. The van der Waals surface area contributed by atoms with Crippen molar-refractivity contribution in [3.8, 4) is 5.75 Å². The maximum Gasteiger partial charge on any atom is 0.248 e. The fraction of sp³-hybridized carbons (Fsp3) is 0.500. The predicted molar refractivity (Wildman–Crippen MR) is 70.7 cm³/mol. The quantitative estimate of drug-likeness (QED) is 0.743. The van der Waals surface area contributed by atoms with E-state index < -0.39 is 0 Å². The molecule has 0 saturated carbocycles. The summed E-state index contributed by atoms with van der Waals surface area (Å²) in [4.78, 5) is 13.3. The van der Waals surface area contributed by atoms with E-state index in [1.165, 1.54) is 0 Å². The molecule has 100 valence electrons. The molecular formula is C14H21NO3. The van der Waals surface area contributed by atoms with Crippen LogP contribution in [-0.4, -0.2) is 43.7 Å². The summed E-state index contributed by atoms with van der Waals surface area (Å²) in [5.74, 6) is 0.789. The van der Waals surface area contributed by atoms with E-state index in [0.717, 1.165) is 5.75 Å². The highest BCUT2D eigenvalue weighted by Crippen LogP contribution is 2.07. The van der Waals surface area contributed by atoms with Crippen LogP contribution in [0.4, 0.5) is 0 Å². The Morgan fingerprint density at radius 2 is 1.94 bits per heavy atom. The van der Waals surface area contributed by atoms with Crippen LogP contribution in [0.1, 0.15) is 13.8 Å². The number of rotatable bonds is 7. The maximum atomic E-state index is 11.6. The van der Waals surface area contributed by atoms with Crippen molar-refractivity contribution in [2.75, 3.05) is 26.8 Å². The van der Waals surface area contributed by atoms with Gasteiger partial charge >= 0.3 is 0 Å². The van der Waals surface area contributed by atoms with Crippen LogP contribution in [0.3, 0.4) is 0 Å². The highest BCUT2D eigenvalue weighted by atomic mass is 16.5. The molecule has 1 aromatic rings. The van der Waals surface area contributed by atoms with Crippen molar-refractivity contribution in [2.45, 2.75) is 20.0 Å². The van der Waals surface area contributed by atoms with Crippen LogP contribution in [0, 0.1) is 0 Å². The van der Waals surface area contributed by atoms with Gasteiger partial charge in [0, 0.05) is 7.05 Å². The second-order valence-corrected chi connectivity index (χ2v) is 4.34. The van der Waals surface area contributed by atoms with Gasteiger partial charge in [0.05, 0.1) is 12.6 Å². The van der Waals surface area contributed by atoms with Gasteiger partial charge in [0.25, 0.3) is 0 Å². The van der Waals surface area contributed by atoms with Crippen LogP contribution >= 0.6 is 0 Å². The molecule has 0 unspecified atom stereocenters. The molecular weight excluding hydrogens is 230 g/mol. The van der Waals surface area contributed by atoms with Gasteiger partial charge < -0.3 is 14.4 Å². The first-order valence-corrected chi connectivity index (χ1v) is 6.13. The van der Waals surface area contributed by atoms with Crippen LogP contribution in [0.2, 0.25) is 0 Å². The van der Waals surface area contributed by atoms with Crippen LogP contribution in [-0.2, 0) is 9.53 Å². The third-order valence-electron chi connectivity index (χ3n) is 2.40. The third kappa shape index (κ3) is 5.68. The van der Waals surface area contributed by atoms with Crippen LogP contribution < -0.4 is 4.74 Å². The third-order valence-corrected chi connectivity index (χ3v) is 2.40. The van der Waals surface area contributed by atoms with Crippen molar-refractivity contribution in [1.82, 2.24) is 4.90 Å². The van der Waals surface area contributed by atoms with Gasteiger partial charge in [-0.25, -0.2) is 0 Å². The fourth-order valence-corrected chi connectivity index (χ4v) is 1.29. The molecule has 0 aromatic heterocycles. The van der Waals surface area contributed by atoms with Crippen LogP contribution in [0.5, 0.6) is 5.75 Å². The largest absolute Gasteiger partial charge is 0.492 e. The zero-order valence-electron chi connectivity index (χ0n) is 11.3. The summed E-state index contributed by atoms with van der Waals surface area (Å²) in [5, 5.41) is 0. The second-order valence-electron chi connectivity index (χ2n) is 4.34.